The van der Waals surface area contributed by atoms with Crippen LogP contribution in [-0.4, -0.2) is 21.4 Å². The van der Waals surface area contributed by atoms with Crippen LogP contribution in [0.3, 0.4) is 0 Å². The van der Waals surface area contributed by atoms with Crippen LogP contribution in [-0.2, 0) is 16.0 Å². The number of aromatic nitrogens is 2. The van der Waals surface area contributed by atoms with Crippen molar-refractivity contribution in [3.63, 3.8) is 0 Å². The van der Waals surface area contributed by atoms with Crippen molar-refractivity contribution in [2.75, 3.05) is 0 Å². The molecule has 0 fully saturated rings. The molecule has 5 nitrogen and oxygen atoms in total. The molecule has 6 rings (SSSR count). The summed E-state index contributed by atoms with van der Waals surface area (Å²) in [7, 11) is 0. The van der Waals surface area contributed by atoms with E-state index in [-0.39, 0.29) is 28.4 Å². The number of hydrogen-bond donors (Lipinski definition) is 2. The molecule has 0 saturated heterocycles. The van der Waals surface area contributed by atoms with Crippen LogP contribution in [0.5, 0.6) is 0 Å². The molecule has 2 aliphatic rings. The van der Waals surface area contributed by atoms with Crippen LogP contribution >= 0.6 is 0 Å². The van der Waals surface area contributed by atoms with Crippen LogP contribution < -0.4 is 5.32 Å². The Labute approximate surface area is 175 Å². The highest BCUT2D eigenvalue weighted by atomic mass is 19.1. The zero-order chi connectivity index (χ0) is 21.4. The second kappa shape index (κ2) is 6.14. The van der Waals surface area contributed by atoms with Gasteiger partial charge >= 0.3 is 0 Å². The fourth-order valence-electron chi connectivity index (χ4n) is 4.99. The van der Waals surface area contributed by atoms with Crippen molar-refractivity contribution in [3.05, 3.63) is 71.1 Å². The lowest BCUT2D eigenvalue weighted by Gasteiger charge is -2.22. The Morgan fingerprint density at radius 1 is 1.06 bits per heavy atom. The summed E-state index contributed by atoms with van der Waals surface area (Å²) < 4.78 is 31.1. The van der Waals surface area contributed by atoms with E-state index in [9.17, 15) is 18.4 Å². The average molecular weight is 417 g/mol. The Kier molecular flexibility index (Phi) is 3.57. The van der Waals surface area contributed by atoms with E-state index >= 15 is 0 Å². The fourth-order valence-corrected chi connectivity index (χ4v) is 4.99. The molecule has 1 atom stereocenters. The lowest BCUT2D eigenvalue weighted by Crippen LogP contribution is -2.22. The van der Waals surface area contributed by atoms with Gasteiger partial charge in [0.25, 0.3) is 11.8 Å². The number of aryl methyl sites for hydroxylation is 1. The van der Waals surface area contributed by atoms with Crippen LogP contribution in [0.25, 0.3) is 33.0 Å². The minimum atomic E-state index is -0.593. The summed E-state index contributed by atoms with van der Waals surface area (Å²) >= 11 is 0. The number of hydrogen-bond acceptors (Lipinski definition) is 2. The number of aromatic amines is 1. The minimum Gasteiger partial charge on any atom is -0.360 e. The molecular weight excluding hydrogens is 400 g/mol. The standard InChI is InChI=1S/C24H17F2N3O2/c1-11-5-6-12-7-13(25)8-14-16(10-29(11)22(12)14)21-20(23(30)28-24(21)31)15-9-27-18-4-2-3-17(26)19(15)18/h2-4,7-11,27H,5-6H2,1H3,(H,28,30,31). The van der Waals surface area contributed by atoms with E-state index in [1.807, 2.05) is 10.8 Å². The number of H-pyrrole nitrogens is 1. The minimum absolute atomic E-state index is 0.0955. The number of nitrogens with one attached hydrogen (secondary N) is 2. The van der Waals surface area contributed by atoms with Gasteiger partial charge in [-0.1, -0.05) is 6.07 Å². The zero-order valence-electron chi connectivity index (χ0n) is 16.6. The Hall–Kier alpha value is -3.74. The second-order valence-corrected chi connectivity index (χ2v) is 8.20. The van der Waals surface area contributed by atoms with E-state index in [1.165, 1.54) is 24.4 Å². The number of halogens is 2. The summed E-state index contributed by atoms with van der Waals surface area (Å²) in [6.07, 6.45) is 4.94. The van der Waals surface area contributed by atoms with Gasteiger partial charge in [-0.3, -0.25) is 14.9 Å². The van der Waals surface area contributed by atoms with Gasteiger partial charge in [0.2, 0.25) is 0 Å². The van der Waals surface area contributed by atoms with E-state index in [1.54, 1.807) is 12.1 Å². The highest BCUT2D eigenvalue weighted by Gasteiger charge is 2.36. The zero-order valence-corrected chi connectivity index (χ0v) is 16.6. The predicted molar refractivity (Wildman–Crippen MR) is 113 cm³/mol. The van der Waals surface area contributed by atoms with Crippen LogP contribution in [0.15, 0.2) is 42.7 Å². The summed E-state index contributed by atoms with van der Waals surface area (Å²) in [5.74, 6) is -2.04. The Morgan fingerprint density at radius 3 is 2.65 bits per heavy atom. The predicted octanol–water partition coefficient (Wildman–Crippen LogP) is 4.48. The molecule has 0 saturated carbocycles. The number of nitrogens with zero attached hydrogens (tertiary/aromatic N) is 1. The summed E-state index contributed by atoms with van der Waals surface area (Å²) in [5, 5.41) is 3.17. The van der Waals surface area contributed by atoms with Crippen molar-refractivity contribution in [3.8, 4) is 0 Å². The highest BCUT2D eigenvalue weighted by Crippen LogP contribution is 2.42. The van der Waals surface area contributed by atoms with E-state index < -0.39 is 17.6 Å². The molecule has 2 N–H and O–H groups in total. The molecule has 0 radical (unpaired) electrons. The normalized spacial score (nSPS) is 18.5. The molecule has 0 spiro atoms. The maximum atomic E-state index is 14.7. The fraction of sp³-hybridized carbons (Fsp3) is 0.167. The maximum absolute atomic E-state index is 14.7. The first-order valence-corrected chi connectivity index (χ1v) is 10.1. The van der Waals surface area contributed by atoms with Gasteiger partial charge in [0.05, 0.1) is 16.7 Å². The number of carbonyl (C=O) groups excluding carboxylic acids is 2. The van der Waals surface area contributed by atoms with Gasteiger partial charge in [0.1, 0.15) is 11.6 Å². The van der Waals surface area contributed by atoms with Gasteiger partial charge in [0, 0.05) is 45.9 Å². The van der Waals surface area contributed by atoms with Crippen LogP contribution in [0.2, 0.25) is 0 Å². The molecule has 0 aliphatic carbocycles. The molecule has 31 heavy (non-hydrogen) atoms. The smallest absolute Gasteiger partial charge is 0.259 e. The SMILES string of the molecule is CC1CCc2cc(F)cc3c(C4=C(c5c[nH]c6cccc(F)c56)C(=O)NC4=O)cn1c23. The summed E-state index contributed by atoms with van der Waals surface area (Å²) in [5.41, 5.74) is 3.31. The quantitative estimate of drug-likeness (QED) is 0.473. The molecule has 7 heteroatoms. The Bertz CT molecular complexity index is 1490. The largest absolute Gasteiger partial charge is 0.360 e. The third-order valence-electron chi connectivity index (χ3n) is 6.40. The lowest BCUT2D eigenvalue weighted by atomic mass is 9.94. The number of rotatable bonds is 2. The average Bonchev–Trinajstić information content (AvgIpc) is 3.39. The van der Waals surface area contributed by atoms with E-state index in [0.717, 1.165) is 23.9 Å². The van der Waals surface area contributed by atoms with E-state index in [4.69, 9.17) is 0 Å². The number of amides is 2. The first kappa shape index (κ1) is 18.1. The number of benzene rings is 2. The third-order valence-corrected chi connectivity index (χ3v) is 6.40. The first-order valence-electron chi connectivity index (χ1n) is 10.1. The van der Waals surface area contributed by atoms with Gasteiger partial charge in [0.15, 0.2) is 0 Å². The van der Waals surface area contributed by atoms with Crippen molar-refractivity contribution in [2.24, 2.45) is 0 Å². The molecule has 2 aromatic carbocycles. The second-order valence-electron chi connectivity index (χ2n) is 8.20. The van der Waals surface area contributed by atoms with E-state index in [2.05, 4.69) is 17.2 Å². The van der Waals surface area contributed by atoms with Gasteiger partial charge in [-0.15, -0.1) is 0 Å². The van der Waals surface area contributed by atoms with Gasteiger partial charge in [-0.25, -0.2) is 8.78 Å². The molecule has 2 amide bonds. The molecule has 2 aliphatic heterocycles. The van der Waals surface area contributed by atoms with Gasteiger partial charge in [-0.05, 0) is 49.6 Å². The van der Waals surface area contributed by atoms with E-state index in [0.29, 0.717) is 22.0 Å². The molecular formula is C24H17F2N3O2. The third kappa shape index (κ3) is 2.40. The molecule has 1 unspecified atom stereocenters. The topological polar surface area (TPSA) is 66.9 Å². The first-order chi connectivity index (χ1) is 14.9. The monoisotopic (exact) mass is 417 g/mol. The Balaban J connectivity index is 1.72. The van der Waals surface area contributed by atoms with Gasteiger partial charge in [-0.2, -0.15) is 0 Å². The highest BCUT2D eigenvalue weighted by molar-refractivity contribution is 6.50. The number of fused-ring (bicyclic) bond motifs is 1. The van der Waals surface area contributed by atoms with Crippen LogP contribution in [0.4, 0.5) is 8.78 Å². The molecule has 4 aromatic rings. The van der Waals surface area contributed by atoms with Crippen LogP contribution in [0, 0.1) is 11.6 Å². The molecule has 2 aromatic heterocycles. The van der Waals surface area contributed by atoms with Crippen molar-refractivity contribution in [2.45, 2.75) is 25.8 Å². The summed E-state index contributed by atoms with van der Waals surface area (Å²) in [6.45, 7) is 2.07. The summed E-state index contributed by atoms with van der Waals surface area (Å²) in [6, 6.07) is 7.68. The molecule has 4 heterocycles. The Morgan fingerprint density at radius 2 is 1.84 bits per heavy atom. The molecule has 0 bridgehead atoms. The van der Waals surface area contributed by atoms with Crippen molar-refractivity contribution in [1.82, 2.24) is 14.9 Å². The lowest BCUT2D eigenvalue weighted by molar-refractivity contribution is -0.122. The van der Waals surface area contributed by atoms with Crippen molar-refractivity contribution >= 4 is 44.8 Å². The van der Waals surface area contributed by atoms with Crippen LogP contribution in [0.1, 0.15) is 36.1 Å². The number of carbonyl (C=O) groups is 2. The summed E-state index contributed by atoms with van der Waals surface area (Å²) in [4.78, 5) is 28.7. The van der Waals surface area contributed by atoms with Crippen molar-refractivity contribution in [1.29, 1.82) is 0 Å². The maximum Gasteiger partial charge on any atom is 0.259 e. The molecule has 154 valence electrons. The van der Waals surface area contributed by atoms with Gasteiger partial charge < -0.3 is 9.55 Å². The van der Waals surface area contributed by atoms with Crippen molar-refractivity contribution < 1.29 is 18.4 Å². The number of imide groups is 1.